The second-order valence-electron chi connectivity index (χ2n) is 4.88. The van der Waals surface area contributed by atoms with Crippen LogP contribution in [-0.4, -0.2) is 28.8 Å². The van der Waals surface area contributed by atoms with Crippen molar-refractivity contribution in [3.63, 3.8) is 0 Å². The number of rotatable bonds is 3. The molecule has 5 heteroatoms. The number of nitrogens with one attached hydrogen (secondary N) is 2. The van der Waals surface area contributed by atoms with E-state index in [0.717, 1.165) is 38.2 Å². The molecule has 17 heavy (non-hydrogen) atoms. The average Bonchev–Trinajstić information content (AvgIpc) is 2.78. The number of aryl methyl sites for hydroxylation is 1. The highest BCUT2D eigenvalue weighted by atomic mass is 16.2. The summed E-state index contributed by atoms with van der Waals surface area (Å²) in [7, 11) is 0. The van der Waals surface area contributed by atoms with Crippen LogP contribution in [0.15, 0.2) is 12.4 Å². The largest absolute Gasteiger partial charge is 0.323 e. The third-order valence-corrected chi connectivity index (χ3v) is 3.36. The van der Waals surface area contributed by atoms with Crippen LogP contribution in [0.4, 0.5) is 5.69 Å². The lowest BCUT2D eigenvalue weighted by Crippen LogP contribution is -2.45. The molecule has 0 saturated carbocycles. The van der Waals surface area contributed by atoms with E-state index in [1.165, 1.54) is 0 Å². The molecule has 2 N–H and O–H groups in total. The Hall–Kier alpha value is -1.36. The zero-order valence-corrected chi connectivity index (χ0v) is 10.5. The first-order chi connectivity index (χ1) is 8.14. The summed E-state index contributed by atoms with van der Waals surface area (Å²) in [4.78, 5) is 12.2. The first-order valence-corrected chi connectivity index (χ1v) is 6.19. The number of amides is 1. The zero-order chi connectivity index (χ0) is 12.3. The van der Waals surface area contributed by atoms with Gasteiger partial charge in [-0.1, -0.05) is 0 Å². The fraction of sp³-hybridized carbons (Fsp3) is 0.667. The van der Waals surface area contributed by atoms with Crippen molar-refractivity contribution >= 4 is 11.6 Å². The summed E-state index contributed by atoms with van der Waals surface area (Å²) in [6.45, 7) is 6.61. The standard InChI is InChI=1S/C12H20N4O/c1-3-16-8-10(7-14-16)15-11(17)12(2)5-4-6-13-9-12/h7-8,13H,3-6,9H2,1-2H3,(H,15,17). The number of aromatic nitrogens is 2. The summed E-state index contributed by atoms with van der Waals surface area (Å²) < 4.78 is 1.80. The van der Waals surface area contributed by atoms with E-state index in [-0.39, 0.29) is 11.3 Å². The van der Waals surface area contributed by atoms with E-state index in [4.69, 9.17) is 0 Å². The molecule has 2 heterocycles. The predicted octanol–water partition coefficient (Wildman–Crippen LogP) is 1.23. The van der Waals surface area contributed by atoms with E-state index in [9.17, 15) is 4.79 Å². The summed E-state index contributed by atoms with van der Waals surface area (Å²) in [6.07, 6.45) is 5.55. The number of hydrogen-bond acceptors (Lipinski definition) is 3. The van der Waals surface area contributed by atoms with Gasteiger partial charge in [0.05, 0.1) is 17.3 Å². The van der Waals surface area contributed by atoms with Gasteiger partial charge in [0.25, 0.3) is 0 Å². The van der Waals surface area contributed by atoms with E-state index >= 15 is 0 Å². The van der Waals surface area contributed by atoms with Gasteiger partial charge in [0, 0.05) is 19.3 Å². The molecule has 1 aromatic rings. The van der Waals surface area contributed by atoms with Gasteiger partial charge in [-0.15, -0.1) is 0 Å². The molecule has 0 spiro atoms. The van der Waals surface area contributed by atoms with E-state index in [1.54, 1.807) is 10.9 Å². The van der Waals surface area contributed by atoms with Gasteiger partial charge in [0.15, 0.2) is 0 Å². The number of hydrogen-bond donors (Lipinski definition) is 2. The molecular formula is C12H20N4O. The third kappa shape index (κ3) is 2.66. The Morgan fingerprint density at radius 1 is 1.71 bits per heavy atom. The molecule has 0 bridgehead atoms. The minimum Gasteiger partial charge on any atom is -0.323 e. The van der Waals surface area contributed by atoms with Crippen molar-refractivity contribution in [3.05, 3.63) is 12.4 Å². The smallest absolute Gasteiger partial charge is 0.231 e. The highest BCUT2D eigenvalue weighted by Gasteiger charge is 2.34. The van der Waals surface area contributed by atoms with Crippen molar-refractivity contribution in [2.45, 2.75) is 33.2 Å². The summed E-state index contributed by atoms with van der Waals surface area (Å²) in [6, 6.07) is 0. The van der Waals surface area contributed by atoms with Crippen LogP contribution in [-0.2, 0) is 11.3 Å². The summed E-state index contributed by atoms with van der Waals surface area (Å²) in [5, 5.41) is 10.4. The van der Waals surface area contributed by atoms with Gasteiger partial charge in [-0.2, -0.15) is 5.10 Å². The van der Waals surface area contributed by atoms with Gasteiger partial charge < -0.3 is 10.6 Å². The highest BCUT2D eigenvalue weighted by molar-refractivity contribution is 5.95. The lowest BCUT2D eigenvalue weighted by Gasteiger charge is -2.32. The number of nitrogens with zero attached hydrogens (tertiary/aromatic N) is 2. The molecule has 1 saturated heterocycles. The first kappa shape index (κ1) is 12.1. The van der Waals surface area contributed by atoms with Crippen LogP contribution in [0.25, 0.3) is 0 Å². The van der Waals surface area contributed by atoms with E-state index < -0.39 is 0 Å². The molecule has 1 aliphatic heterocycles. The van der Waals surface area contributed by atoms with E-state index in [2.05, 4.69) is 15.7 Å². The van der Waals surface area contributed by atoms with Crippen molar-refractivity contribution in [3.8, 4) is 0 Å². The summed E-state index contributed by atoms with van der Waals surface area (Å²) in [5.74, 6) is 0.0837. The first-order valence-electron chi connectivity index (χ1n) is 6.19. The number of anilines is 1. The highest BCUT2D eigenvalue weighted by Crippen LogP contribution is 2.27. The van der Waals surface area contributed by atoms with E-state index in [1.807, 2.05) is 20.0 Å². The Labute approximate surface area is 102 Å². The fourth-order valence-electron chi connectivity index (χ4n) is 2.13. The van der Waals surface area contributed by atoms with Gasteiger partial charge in [-0.3, -0.25) is 9.48 Å². The molecule has 1 aromatic heterocycles. The van der Waals surface area contributed by atoms with Crippen LogP contribution < -0.4 is 10.6 Å². The molecule has 1 amide bonds. The number of carbonyl (C=O) groups excluding carboxylic acids is 1. The molecule has 1 atom stereocenters. The monoisotopic (exact) mass is 236 g/mol. The van der Waals surface area contributed by atoms with Crippen LogP contribution in [0.3, 0.4) is 0 Å². The maximum Gasteiger partial charge on any atom is 0.231 e. The van der Waals surface area contributed by atoms with Gasteiger partial charge in [-0.05, 0) is 33.2 Å². The lowest BCUT2D eigenvalue weighted by molar-refractivity contribution is -0.125. The van der Waals surface area contributed by atoms with Crippen molar-refractivity contribution in [2.75, 3.05) is 18.4 Å². The molecule has 0 radical (unpaired) electrons. The molecule has 1 fully saturated rings. The SMILES string of the molecule is CCn1cc(NC(=O)C2(C)CCCNC2)cn1. The quantitative estimate of drug-likeness (QED) is 0.830. The summed E-state index contributed by atoms with van der Waals surface area (Å²) >= 11 is 0. The van der Waals surface area contributed by atoms with Gasteiger partial charge in [-0.25, -0.2) is 0 Å². The van der Waals surface area contributed by atoms with Gasteiger partial charge in [0.2, 0.25) is 5.91 Å². The molecule has 0 aliphatic carbocycles. The maximum atomic E-state index is 12.2. The second-order valence-corrected chi connectivity index (χ2v) is 4.88. The second kappa shape index (κ2) is 4.87. The fourth-order valence-corrected chi connectivity index (χ4v) is 2.13. The topological polar surface area (TPSA) is 59.0 Å². The lowest BCUT2D eigenvalue weighted by atomic mass is 9.82. The maximum absolute atomic E-state index is 12.2. The van der Waals surface area contributed by atoms with Crippen molar-refractivity contribution in [1.29, 1.82) is 0 Å². The Kier molecular flexibility index (Phi) is 3.47. The zero-order valence-electron chi connectivity index (χ0n) is 10.5. The van der Waals surface area contributed by atoms with Gasteiger partial charge >= 0.3 is 0 Å². The van der Waals surface area contributed by atoms with Crippen molar-refractivity contribution in [1.82, 2.24) is 15.1 Å². The van der Waals surface area contributed by atoms with Crippen LogP contribution in [0, 0.1) is 5.41 Å². The normalized spacial score (nSPS) is 24.6. The van der Waals surface area contributed by atoms with Gasteiger partial charge in [0.1, 0.15) is 0 Å². The molecule has 1 aliphatic rings. The summed E-state index contributed by atoms with van der Waals surface area (Å²) in [5.41, 5.74) is 0.482. The Morgan fingerprint density at radius 2 is 2.53 bits per heavy atom. The van der Waals surface area contributed by atoms with Crippen LogP contribution in [0.5, 0.6) is 0 Å². The number of piperidine rings is 1. The number of carbonyl (C=O) groups is 1. The molecular weight excluding hydrogens is 216 g/mol. The van der Waals surface area contributed by atoms with E-state index in [0.29, 0.717) is 0 Å². The van der Waals surface area contributed by atoms with Crippen molar-refractivity contribution in [2.24, 2.45) is 5.41 Å². The minimum atomic E-state index is -0.299. The molecule has 5 nitrogen and oxygen atoms in total. The predicted molar refractivity (Wildman–Crippen MR) is 66.7 cm³/mol. The molecule has 94 valence electrons. The molecule has 1 unspecified atom stereocenters. The Balaban J connectivity index is 2.00. The molecule has 0 aromatic carbocycles. The van der Waals surface area contributed by atoms with Crippen LogP contribution >= 0.6 is 0 Å². The Bertz CT molecular complexity index is 393. The third-order valence-electron chi connectivity index (χ3n) is 3.36. The van der Waals surface area contributed by atoms with Crippen molar-refractivity contribution < 1.29 is 4.79 Å². The van der Waals surface area contributed by atoms with Crippen LogP contribution in [0.2, 0.25) is 0 Å². The Morgan fingerprint density at radius 3 is 3.12 bits per heavy atom. The average molecular weight is 236 g/mol. The molecule has 2 rings (SSSR count). The minimum absolute atomic E-state index is 0.0837. The van der Waals surface area contributed by atoms with Crippen LogP contribution in [0.1, 0.15) is 26.7 Å².